The van der Waals surface area contributed by atoms with Gasteiger partial charge in [-0.15, -0.1) is 0 Å². The van der Waals surface area contributed by atoms with Crippen LogP contribution in [0.5, 0.6) is 5.75 Å². The molecule has 23 heavy (non-hydrogen) atoms. The molecule has 1 N–H and O–H groups in total. The number of benzene rings is 1. The number of aryl methyl sites for hydroxylation is 1. The molecule has 2 heterocycles. The number of amides is 1. The van der Waals surface area contributed by atoms with Crippen molar-refractivity contribution in [3.8, 4) is 5.75 Å². The summed E-state index contributed by atoms with van der Waals surface area (Å²) in [5, 5.41) is 2.84. The fourth-order valence-corrected chi connectivity index (χ4v) is 2.49. The second-order valence-corrected chi connectivity index (χ2v) is 5.59. The van der Waals surface area contributed by atoms with E-state index in [0.717, 1.165) is 30.9 Å². The van der Waals surface area contributed by atoms with Crippen LogP contribution in [-0.4, -0.2) is 30.2 Å². The quantitative estimate of drug-likeness (QED) is 0.921. The van der Waals surface area contributed by atoms with Crippen LogP contribution in [0.4, 0.5) is 5.69 Å². The zero-order valence-electron chi connectivity index (χ0n) is 13.1. The average Bonchev–Trinajstić information content (AvgIpc) is 3.07. The number of carbonyl (C=O) groups excluding carboxylic acids is 1. The Balaban J connectivity index is 1.61. The number of rotatable bonds is 5. The molecule has 1 aliphatic rings. The average molecular weight is 312 g/mol. The van der Waals surface area contributed by atoms with E-state index in [2.05, 4.69) is 10.3 Å². The van der Waals surface area contributed by atoms with Crippen LogP contribution in [0, 0.1) is 6.92 Å². The van der Waals surface area contributed by atoms with E-state index >= 15 is 0 Å². The molecule has 2 aromatic rings. The highest BCUT2D eigenvalue weighted by Gasteiger charge is 2.16. The van der Waals surface area contributed by atoms with E-state index in [-0.39, 0.29) is 12.0 Å². The number of hydrogen-bond donors (Lipinski definition) is 1. The first-order valence-corrected chi connectivity index (χ1v) is 7.80. The van der Waals surface area contributed by atoms with Crippen LogP contribution in [0.3, 0.4) is 0 Å². The molecule has 3 rings (SSSR count). The van der Waals surface area contributed by atoms with Gasteiger partial charge < -0.3 is 14.8 Å². The number of ether oxygens (including phenoxy) is 2. The van der Waals surface area contributed by atoms with Gasteiger partial charge in [0, 0.05) is 24.1 Å². The topological polar surface area (TPSA) is 60.5 Å². The number of hydrogen-bond acceptors (Lipinski definition) is 4. The standard InChI is InChI=1S/C18H20N2O3/c1-13-5-2-9-17(19-13)18(21)20-14-6-3-7-15(11-14)23-12-16-8-4-10-22-16/h2-3,5-7,9,11,16H,4,8,10,12H2,1H3,(H,20,21). The summed E-state index contributed by atoms with van der Waals surface area (Å²) in [7, 11) is 0. The molecule has 1 amide bonds. The Morgan fingerprint density at radius 1 is 1.35 bits per heavy atom. The number of anilines is 1. The number of nitrogens with zero attached hydrogens (tertiary/aromatic N) is 1. The van der Waals surface area contributed by atoms with Crippen molar-refractivity contribution >= 4 is 11.6 Å². The van der Waals surface area contributed by atoms with Gasteiger partial charge in [-0.25, -0.2) is 4.98 Å². The summed E-state index contributed by atoms with van der Waals surface area (Å²) < 4.78 is 11.3. The van der Waals surface area contributed by atoms with Gasteiger partial charge in [-0.3, -0.25) is 4.79 Å². The molecule has 1 saturated heterocycles. The molecule has 1 aromatic carbocycles. The van der Waals surface area contributed by atoms with Crippen molar-refractivity contribution in [2.24, 2.45) is 0 Å². The number of nitrogens with one attached hydrogen (secondary N) is 1. The van der Waals surface area contributed by atoms with Gasteiger partial charge in [0.15, 0.2) is 0 Å². The Morgan fingerprint density at radius 3 is 3.00 bits per heavy atom. The van der Waals surface area contributed by atoms with Gasteiger partial charge in [-0.05, 0) is 44.0 Å². The molecule has 120 valence electrons. The van der Waals surface area contributed by atoms with Gasteiger partial charge in [0.2, 0.25) is 0 Å². The summed E-state index contributed by atoms with van der Waals surface area (Å²) in [6, 6.07) is 12.7. The third-order valence-corrected chi connectivity index (χ3v) is 3.67. The maximum atomic E-state index is 12.2. The second kappa shape index (κ2) is 7.24. The predicted octanol–water partition coefficient (Wildman–Crippen LogP) is 3.20. The first kappa shape index (κ1) is 15.5. The van der Waals surface area contributed by atoms with Gasteiger partial charge in [0.25, 0.3) is 5.91 Å². The van der Waals surface area contributed by atoms with Crippen LogP contribution in [0.1, 0.15) is 29.0 Å². The van der Waals surface area contributed by atoms with Gasteiger partial charge >= 0.3 is 0 Å². The van der Waals surface area contributed by atoms with Crippen LogP contribution in [0.15, 0.2) is 42.5 Å². The smallest absolute Gasteiger partial charge is 0.274 e. The lowest BCUT2D eigenvalue weighted by Gasteiger charge is -2.12. The Hall–Kier alpha value is -2.40. The van der Waals surface area contributed by atoms with E-state index < -0.39 is 0 Å². The van der Waals surface area contributed by atoms with E-state index in [1.165, 1.54) is 0 Å². The van der Waals surface area contributed by atoms with Gasteiger partial charge in [0.05, 0.1) is 6.10 Å². The lowest BCUT2D eigenvalue weighted by atomic mass is 10.2. The number of carbonyl (C=O) groups is 1. The molecule has 0 spiro atoms. The molecular formula is C18H20N2O3. The maximum Gasteiger partial charge on any atom is 0.274 e. The normalized spacial score (nSPS) is 17.0. The molecule has 0 saturated carbocycles. The molecule has 1 aromatic heterocycles. The molecule has 1 unspecified atom stereocenters. The summed E-state index contributed by atoms with van der Waals surface area (Å²) in [5.41, 5.74) is 1.89. The number of pyridine rings is 1. The third-order valence-electron chi connectivity index (χ3n) is 3.67. The summed E-state index contributed by atoms with van der Waals surface area (Å²) in [5.74, 6) is 0.487. The predicted molar refractivity (Wildman–Crippen MR) is 87.8 cm³/mol. The van der Waals surface area contributed by atoms with Crippen molar-refractivity contribution in [2.45, 2.75) is 25.9 Å². The first-order chi connectivity index (χ1) is 11.2. The molecule has 1 fully saturated rings. The van der Waals surface area contributed by atoms with Crippen LogP contribution in [0.2, 0.25) is 0 Å². The molecule has 1 aliphatic heterocycles. The summed E-state index contributed by atoms with van der Waals surface area (Å²) in [6.07, 6.45) is 2.30. The van der Waals surface area contributed by atoms with Gasteiger partial charge in [-0.1, -0.05) is 12.1 Å². The monoisotopic (exact) mass is 312 g/mol. The lowest BCUT2D eigenvalue weighted by molar-refractivity contribution is 0.0680. The highest BCUT2D eigenvalue weighted by atomic mass is 16.5. The largest absolute Gasteiger partial charge is 0.491 e. The van der Waals surface area contributed by atoms with E-state index in [0.29, 0.717) is 18.0 Å². The third kappa shape index (κ3) is 4.29. The Labute approximate surface area is 135 Å². The van der Waals surface area contributed by atoms with E-state index in [9.17, 15) is 4.79 Å². The van der Waals surface area contributed by atoms with Crippen LogP contribution in [0.25, 0.3) is 0 Å². The minimum atomic E-state index is -0.232. The molecule has 0 aliphatic carbocycles. The first-order valence-electron chi connectivity index (χ1n) is 7.80. The van der Waals surface area contributed by atoms with Crippen molar-refractivity contribution in [1.82, 2.24) is 4.98 Å². The second-order valence-electron chi connectivity index (χ2n) is 5.59. The maximum absolute atomic E-state index is 12.2. The highest BCUT2D eigenvalue weighted by molar-refractivity contribution is 6.02. The van der Waals surface area contributed by atoms with Crippen molar-refractivity contribution in [1.29, 1.82) is 0 Å². The molecule has 0 bridgehead atoms. The summed E-state index contributed by atoms with van der Waals surface area (Å²) in [4.78, 5) is 16.4. The Morgan fingerprint density at radius 2 is 2.22 bits per heavy atom. The van der Waals surface area contributed by atoms with Crippen LogP contribution in [-0.2, 0) is 4.74 Å². The molecule has 0 radical (unpaired) electrons. The SMILES string of the molecule is Cc1cccc(C(=O)Nc2cccc(OCC3CCCO3)c2)n1. The fourth-order valence-electron chi connectivity index (χ4n) is 2.49. The van der Waals surface area contributed by atoms with Crippen molar-refractivity contribution in [2.75, 3.05) is 18.5 Å². The molecule has 5 nitrogen and oxygen atoms in total. The zero-order valence-corrected chi connectivity index (χ0v) is 13.1. The van der Waals surface area contributed by atoms with Gasteiger partial charge in [0.1, 0.15) is 18.1 Å². The van der Waals surface area contributed by atoms with Crippen molar-refractivity contribution in [3.63, 3.8) is 0 Å². The van der Waals surface area contributed by atoms with Crippen LogP contribution >= 0.6 is 0 Å². The minimum Gasteiger partial charge on any atom is -0.491 e. The van der Waals surface area contributed by atoms with E-state index in [1.54, 1.807) is 6.07 Å². The number of aromatic nitrogens is 1. The summed E-state index contributed by atoms with van der Waals surface area (Å²) >= 11 is 0. The van der Waals surface area contributed by atoms with Crippen molar-refractivity contribution in [3.05, 3.63) is 53.9 Å². The molecule has 5 heteroatoms. The van der Waals surface area contributed by atoms with E-state index in [1.807, 2.05) is 43.3 Å². The highest BCUT2D eigenvalue weighted by Crippen LogP contribution is 2.20. The minimum absolute atomic E-state index is 0.171. The Bertz CT molecular complexity index is 681. The fraction of sp³-hybridized carbons (Fsp3) is 0.333. The lowest BCUT2D eigenvalue weighted by Crippen LogP contribution is -2.16. The van der Waals surface area contributed by atoms with Crippen LogP contribution < -0.4 is 10.1 Å². The van der Waals surface area contributed by atoms with Crippen molar-refractivity contribution < 1.29 is 14.3 Å². The van der Waals surface area contributed by atoms with Gasteiger partial charge in [-0.2, -0.15) is 0 Å². The summed E-state index contributed by atoms with van der Waals surface area (Å²) in [6.45, 7) is 3.21. The Kier molecular flexibility index (Phi) is 4.88. The zero-order chi connectivity index (χ0) is 16.1. The van der Waals surface area contributed by atoms with E-state index in [4.69, 9.17) is 9.47 Å². The molecule has 1 atom stereocenters. The molecular weight excluding hydrogens is 292 g/mol.